The van der Waals surface area contributed by atoms with Crippen LogP contribution >= 0.6 is 20.7 Å². The maximum Gasteiger partial charge on any atom is 0.485 e. The largest absolute Gasteiger partial charge is 0.485 e. The summed E-state index contributed by atoms with van der Waals surface area (Å²) in [6, 6.07) is 0. The second kappa shape index (κ2) is 17.5. The van der Waals surface area contributed by atoms with E-state index in [0.717, 1.165) is 38.5 Å². The number of unbranched alkanes of at least 4 members (excludes halogenated alkanes) is 6. The zero-order valence-electron chi connectivity index (χ0n) is 18.1. The molecule has 0 amide bonds. The SMILES string of the molecule is C=C(C)C(=O)OCCCCCCOP(=O)(OS)OCCCCCCOC(=O)C(=C)C. The summed E-state index contributed by atoms with van der Waals surface area (Å²) in [4.78, 5) is 22.4. The van der Waals surface area contributed by atoms with Crippen molar-refractivity contribution in [3.05, 3.63) is 24.3 Å². The Morgan fingerprint density at radius 3 is 1.33 bits per heavy atom. The van der Waals surface area contributed by atoms with Gasteiger partial charge >= 0.3 is 19.8 Å². The molecule has 8 nitrogen and oxygen atoms in total. The fraction of sp³-hybridized carbons (Fsp3) is 0.700. The zero-order valence-corrected chi connectivity index (χ0v) is 19.8. The molecule has 0 aromatic rings. The third-order valence-corrected chi connectivity index (χ3v) is 5.64. The van der Waals surface area contributed by atoms with Crippen LogP contribution in [0.15, 0.2) is 24.3 Å². The second-order valence-corrected chi connectivity index (χ2v) is 8.92. The van der Waals surface area contributed by atoms with E-state index in [1.165, 1.54) is 0 Å². The van der Waals surface area contributed by atoms with E-state index in [2.05, 4.69) is 30.0 Å². The molecule has 0 aliphatic heterocycles. The van der Waals surface area contributed by atoms with E-state index in [4.69, 9.17) is 18.5 Å². The number of carbonyl (C=O) groups is 2. The van der Waals surface area contributed by atoms with Crippen LogP contribution in [0.3, 0.4) is 0 Å². The Hall–Kier alpha value is -1.12. The molecule has 0 fully saturated rings. The van der Waals surface area contributed by atoms with Gasteiger partial charge in [-0.05, 0) is 65.3 Å². The van der Waals surface area contributed by atoms with Crippen LogP contribution in [0, 0.1) is 0 Å². The van der Waals surface area contributed by atoms with E-state index in [0.29, 0.717) is 37.2 Å². The van der Waals surface area contributed by atoms with Crippen molar-refractivity contribution in [3.63, 3.8) is 0 Å². The number of thiol groups is 1. The Labute approximate surface area is 185 Å². The molecule has 0 unspecified atom stereocenters. The molecule has 0 aromatic carbocycles. The summed E-state index contributed by atoms with van der Waals surface area (Å²) in [5.74, 6) is -0.762. The summed E-state index contributed by atoms with van der Waals surface area (Å²) in [5.41, 5.74) is 0.769. The molecule has 10 heteroatoms. The van der Waals surface area contributed by atoms with Gasteiger partial charge in [-0.15, -0.1) is 0 Å². The van der Waals surface area contributed by atoms with Crippen LogP contribution in [0.1, 0.15) is 65.2 Å². The Balaban J connectivity index is 3.67. The van der Waals surface area contributed by atoms with Crippen LogP contribution in [0.25, 0.3) is 0 Å². The Morgan fingerprint density at radius 1 is 0.700 bits per heavy atom. The summed E-state index contributed by atoms with van der Waals surface area (Å²) in [6.45, 7) is 11.4. The minimum absolute atomic E-state index is 0.220. The van der Waals surface area contributed by atoms with Gasteiger partial charge in [-0.25, -0.2) is 18.1 Å². The highest BCUT2D eigenvalue weighted by atomic mass is 32.1. The summed E-state index contributed by atoms with van der Waals surface area (Å²) in [6.07, 6.45) is 6.16. The first-order valence-electron chi connectivity index (χ1n) is 10.1. The minimum Gasteiger partial charge on any atom is -0.462 e. The third kappa shape index (κ3) is 15.7. The minimum atomic E-state index is -3.67. The van der Waals surface area contributed by atoms with E-state index >= 15 is 0 Å². The second-order valence-electron chi connectivity index (χ2n) is 6.86. The van der Waals surface area contributed by atoms with Crippen LogP contribution in [-0.2, 0) is 36.6 Å². The molecule has 0 heterocycles. The standard InChI is InChI=1S/C20H35O8PS/c1-17(2)19(21)24-13-9-5-7-11-15-26-29(23,28-30)27-16-12-8-6-10-14-25-20(22)18(3)4/h30H,1,3,5-16H2,2,4H3. The zero-order chi connectivity index (χ0) is 22.8. The van der Waals surface area contributed by atoms with Crippen molar-refractivity contribution in [2.45, 2.75) is 65.2 Å². The molecule has 0 atom stereocenters. The van der Waals surface area contributed by atoms with Crippen molar-refractivity contribution >= 4 is 32.7 Å². The first-order chi connectivity index (χ1) is 14.2. The summed E-state index contributed by atoms with van der Waals surface area (Å²) in [7, 11) is -3.67. The lowest BCUT2D eigenvalue weighted by molar-refractivity contribution is -0.139. The molecule has 30 heavy (non-hydrogen) atoms. The molecule has 0 radical (unpaired) electrons. The number of phosphoric ester groups is 1. The average Bonchev–Trinajstić information content (AvgIpc) is 2.71. The van der Waals surface area contributed by atoms with Gasteiger partial charge in [-0.3, -0.25) is 9.05 Å². The molecule has 0 aliphatic rings. The lowest BCUT2D eigenvalue weighted by Crippen LogP contribution is -2.06. The molecule has 0 aromatic heterocycles. The van der Waals surface area contributed by atoms with Crippen molar-refractivity contribution in [1.82, 2.24) is 0 Å². The Kier molecular flexibility index (Phi) is 16.9. The number of hydrogen-bond donors (Lipinski definition) is 1. The first kappa shape index (κ1) is 28.9. The maximum atomic E-state index is 12.3. The van der Waals surface area contributed by atoms with E-state index in [-0.39, 0.29) is 25.2 Å². The van der Waals surface area contributed by atoms with Crippen molar-refractivity contribution in [1.29, 1.82) is 0 Å². The van der Waals surface area contributed by atoms with Crippen LogP contribution in [-0.4, -0.2) is 38.4 Å². The molecule has 0 aliphatic carbocycles. The molecule has 0 bridgehead atoms. The van der Waals surface area contributed by atoms with Crippen molar-refractivity contribution < 1.29 is 36.6 Å². The number of rotatable bonds is 19. The quantitative estimate of drug-likeness (QED) is 0.0680. The van der Waals surface area contributed by atoms with Crippen molar-refractivity contribution in [2.75, 3.05) is 26.4 Å². The highest BCUT2D eigenvalue weighted by Gasteiger charge is 2.25. The fourth-order valence-corrected chi connectivity index (χ4v) is 3.29. The van der Waals surface area contributed by atoms with Crippen molar-refractivity contribution in [2.24, 2.45) is 0 Å². The number of hydrogen-bond acceptors (Lipinski definition) is 9. The van der Waals surface area contributed by atoms with E-state index < -0.39 is 7.82 Å². The Bertz CT molecular complexity index is 547. The molecule has 0 saturated carbocycles. The van der Waals surface area contributed by atoms with Crippen LogP contribution < -0.4 is 0 Å². The molecular weight excluding hydrogens is 431 g/mol. The molecular formula is C20H35O8PS. The number of phosphoric acid groups is 1. The number of ether oxygens (including phenoxy) is 2. The van der Waals surface area contributed by atoms with Gasteiger partial charge in [-0.1, -0.05) is 26.0 Å². The van der Waals surface area contributed by atoms with Gasteiger partial charge in [0.15, 0.2) is 0 Å². The number of esters is 2. The normalized spacial score (nSPS) is 11.2. The van der Waals surface area contributed by atoms with E-state index in [1.807, 2.05) is 0 Å². The lowest BCUT2D eigenvalue weighted by atomic mass is 10.2. The fourth-order valence-electron chi connectivity index (χ4n) is 2.13. The average molecular weight is 467 g/mol. The van der Waals surface area contributed by atoms with Gasteiger partial charge in [0.05, 0.1) is 26.4 Å². The summed E-state index contributed by atoms with van der Waals surface area (Å²) >= 11 is 3.59. The van der Waals surface area contributed by atoms with Crippen LogP contribution in [0.5, 0.6) is 0 Å². The van der Waals surface area contributed by atoms with Crippen LogP contribution in [0.4, 0.5) is 0 Å². The molecule has 0 rings (SSSR count). The predicted octanol–water partition coefficient (Wildman–Crippen LogP) is 5.35. The van der Waals surface area contributed by atoms with Gasteiger partial charge in [0.2, 0.25) is 0 Å². The molecule has 174 valence electrons. The first-order valence-corrected chi connectivity index (χ1v) is 11.9. The third-order valence-electron chi connectivity index (χ3n) is 3.84. The van der Waals surface area contributed by atoms with Gasteiger partial charge in [0.25, 0.3) is 0 Å². The summed E-state index contributed by atoms with van der Waals surface area (Å²) in [5, 5.41) is 0. The van der Waals surface area contributed by atoms with Gasteiger partial charge in [0, 0.05) is 11.1 Å². The van der Waals surface area contributed by atoms with E-state index in [1.54, 1.807) is 13.8 Å². The van der Waals surface area contributed by atoms with Gasteiger partial charge in [0.1, 0.15) is 0 Å². The van der Waals surface area contributed by atoms with Crippen molar-refractivity contribution in [3.8, 4) is 0 Å². The molecule has 0 spiro atoms. The monoisotopic (exact) mass is 466 g/mol. The molecule has 0 saturated heterocycles. The summed E-state index contributed by atoms with van der Waals surface area (Å²) < 4.78 is 37.3. The Morgan fingerprint density at radius 2 is 1.03 bits per heavy atom. The maximum absolute atomic E-state index is 12.3. The van der Waals surface area contributed by atoms with Gasteiger partial charge < -0.3 is 9.47 Å². The predicted molar refractivity (Wildman–Crippen MR) is 118 cm³/mol. The highest BCUT2D eigenvalue weighted by molar-refractivity contribution is 7.80. The molecule has 0 N–H and O–H groups in total. The van der Waals surface area contributed by atoms with Gasteiger partial charge in [-0.2, -0.15) is 0 Å². The smallest absolute Gasteiger partial charge is 0.462 e. The topological polar surface area (TPSA) is 97.4 Å². The highest BCUT2D eigenvalue weighted by Crippen LogP contribution is 2.50. The number of carbonyl (C=O) groups excluding carboxylic acids is 2. The lowest BCUT2D eigenvalue weighted by Gasteiger charge is -2.15. The van der Waals surface area contributed by atoms with E-state index in [9.17, 15) is 14.2 Å². The van der Waals surface area contributed by atoms with Crippen LogP contribution in [0.2, 0.25) is 0 Å².